The van der Waals surface area contributed by atoms with E-state index >= 15 is 0 Å². The van der Waals surface area contributed by atoms with Gasteiger partial charge in [-0.15, -0.1) is 0 Å². The number of nitrogens with one attached hydrogen (secondary N) is 1. The molecule has 132 valence electrons. The molecule has 6 heteroatoms. The van der Waals surface area contributed by atoms with Crippen LogP contribution in [0.3, 0.4) is 0 Å². The van der Waals surface area contributed by atoms with E-state index in [1.807, 2.05) is 0 Å². The molecule has 1 heterocycles. The van der Waals surface area contributed by atoms with Crippen molar-refractivity contribution in [1.29, 1.82) is 0 Å². The van der Waals surface area contributed by atoms with Crippen LogP contribution in [0.25, 0.3) is 0 Å². The second-order valence-electron chi connectivity index (χ2n) is 6.94. The molecule has 1 aliphatic carbocycles. The van der Waals surface area contributed by atoms with Crippen LogP contribution in [-0.2, 0) is 4.79 Å². The van der Waals surface area contributed by atoms with Crippen molar-refractivity contribution in [2.24, 2.45) is 5.92 Å². The van der Waals surface area contributed by atoms with Crippen LogP contribution >= 0.6 is 0 Å². The third-order valence-electron chi connectivity index (χ3n) is 5.00. The lowest BCUT2D eigenvalue weighted by molar-refractivity contribution is -0.128. The Morgan fingerprint density at radius 2 is 1.92 bits per heavy atom. The molecule has 1 saturated heterocycles. The van der Waals surface area contributed by atoms with Crippen molar-refractivity contribution in [3.63, 3.8) is 0 Å². The topological polar surface area (TPSA) is 52.6 Å². The molecule has 3 atom stereocenters. The molecule has 2 aliphatic rings. The van der Waals surface area contributed by atoms with Crippen molar-refractivity contribution in [2.45, 2.75) is 50.8 Å². The van der Waals surface area contributed by atoms with Gasteiger partial charge in [0.1, 0.15) is 0 Å². The third kappa shape index (κ3) is 3.75. The minimum Gasteiger partial charge on any atom is -0.386 e. The highest BCUT2D eigenvalue weighted by atomic mass is 19.2. The number of carbonyl (C=O) groups excluding carboxylic acids is 1. The number of aliphatic hydroxyl groups excluding tert-OH is 1. The molecule has 1 aliphatic heterocycles. The normalized spacial score (nSPS) is 22.2. The fourth-order valence-corrected chi connectivity index (χ4v) is 3.48. The van der Waals surface area contributed by atoms with Gasteiger partial charge in [0, 0.05) is 0 Å². The summed E-state index contributed by atoms with van der Waals surface area (Å²) in [6, 6.07) is 2.59. The lowest BCUT2D eigenvalue weighted by Gasteiger charge is -2.29. The molecule has 24 heavy (non-hydrogen) atoms. The number of rotatable bonds is 6. The average Bonchev–Trinajstić information content (AvgIpc) is 3.23. The highest BCUT2D eigenvalue weighted by Gasteiger charge is 2.41. The van der Waals surface area contributed by atoms with E-state index in [-0.39, 0.29) is 17.5 Å². The average molecular weight is 338 g/mol. The molecule has 3 rings (SSSR count). The van der Waals surface area contributed by atoms with E-state index in [0.29, 0.717) is 5.92 Å². The van der Waals surface area contributed by atoms with Crippen LogP contribution in [0.2, 0.25) is 0 Å². The Balaban J connectivity index is 1.64. The quantitative estimate of drug-likeness (QED) is 0.837. The summed E-state index contributed by atoms with van der Waals surface area (Å²) in [5.74, 6) is -1.63. The lowest BCUT2D eigenvalue weighted by Crippen LogP contribution is -2.50. The molecular weight excluding hydrogens is 314 g/mol. The van der Waals surface area contributed by atoms with Gasteiger partial charge in [0.25, 0.3) is 0 Å². The number of halogens is 2. The molecule has 1 amide bonds. The SMILES string of the molecule is CC(NC(=O)C(C1CC1)N1CCCC1)C(O)c1ccc(F)c(F)c1. The maximum Gasteiger partial charge on any atom is 0.237 e. The highest BCUT2D eigenvalue weighted by Crippen LogP contribution is 2.37. The zero-order valence-electron chi connectivity index (χ0n) is 13.8. The summed E-state index contributed by atoms with van der Waals surface area (Å²) in [5.41, 5.74) is 0.255. The molecule has 1 aromatic carbocycles. The highest BCUT2D eigenvalue weighted by molar-refractivity contribution is 5.82. The number of hydrogen-bond acceptors (Lipinski definition) is 3. The third-order valence-corrected chi connectivity index (χ3v) is 5.00. The first-order valence-electron chi connectivity index (χ1n) is 8.65. The van der Waals surface area contributed by atoms with Crippen LogP contribution in [0.1, 0.15) is 44.3 Å². The van der Waals surface area contributed by atoms with E-state index in [4.69, 9.17) is 0 Å². The molecule has 0 spiro atoms. The van der Waals surface area contributed by atoms with Crippen molar-refractivity contribution in [1.82, 2.24) is 10.2 Å². The number of carbonyl (C=O) groups is 1. The predicted octanol–water partition coefficient (Wildman–Crippen LogP) is 2.38. The Kier molecular flexibility index (Phi) is 5.15. The van der Waals surface area contributed by atoms with E-state index < -0.39 is 23.8 Å². The molecule has 1 saturated carbocycles. The van der Waals surface area contributed by atoms with Gasteiger partial charge in [0.05, 0.1) is 18.2 Å². The zero-order chi connectivity index (χ0) is 17.3. The molecule has 4 nitrogen and oxygen atoms in total. The monoisotopic (exact) mass is 338 g/mol. The maximum absolute atomic E-state index is 13.3. The molecule has 3 unspecified atom stereocenters. The summed E-state index contributed by atoms with van der Waals surface area (Å²) in [4.78, 5) is 14.9. The van der Waals surface area contributed by atoms with Gasteiger partial charge in [0.15, 0.2) is 11.6 Å². The summed E-state index contributed by atoms with van der Waals surface area (Å²) in [5, 5.41) is 13.2. The van der Waals surface area contributed by atoms with Gasteiger partial charge in [-0.2, -0.15) is 0 Å². The van der Waals surface area contributed by atoms with Crippen molar-refractivity contribution >= 4 is 5.91 Å². The smallest absolute Gasteiger partial charge is 0.237 e. The summed E-state index contributed by atoms with van der Waals surface area (Å²) in [6.07, 6.45) is 3.28. The van der Waals surface area contributed by atoms with E-state index in [0.717, 1.165) is 50.9 Å². The minimum absolute atomic E-state index is 0.0754. The van der Waals surface area contributed by atoms with Gasteiger partial charge in [-0.05, 0) is 69.3 Å². The van der Waals surface area contributed by atoms with E-state index in [1.54, 1.807) is 6.92 Å². The molecule has 2 N–H and O–H groups in total. The maximum atomic E-state index is 13.3. The largest absolute Gasteiger partial charge is 0.386 e. The summed E-state index contributed by atoms with van der Waals surface area (Å²) >= 11 is 0. The Bertz CT molecular complexity index is 601. The van der Waals surface area contributed by atoms with Crippen molar-refractivity contribution < 1.29 is 18.7 Å². The van der Waals surface area contributed by atoms with Gasteiger partial charge in [0.2, 0.25) is 5.91 Å². The Hall–Kier alpha value is -1.53. The minimum atomic E-state index is -1.08. The first-order valence-corrected chi connectivity index (χ1v) is 8.65. The molecule has 1 aromatic rings. The zero-order valence-corrected chi connectivity index (χ0v) is 13.8. The lowest BCUT2D eigenvalue weighted by atomic mass is 10.0. The van der Waals surface area contributed by atoms with Crippen molar-refractivity contribution in [3.05, 3.63) is 35.4 Å². The molecule has 0 aromatic heterocycles. The van der Waals surface area contributed by atoms with Crippen LogP contribution in [0.4, 0.5) is 8.78 Å². The van der Waals surface area contributed by atoms with E-state index in [2.05, 4.69) is 10.2 Å². The Labute approximate surface area is 140 Å². The predicted molar refractivity (Wildman–Crippen MR) is 86.2 cm³/mol. The fraction of sp³-hybridized carbons (Fsp3) is 0.611. The number of amides is 1. The van der Waals surface area contributed by atoms with Crippen molar-refractivity contribution in [2.75, 3.05) is 13.1 Å². The summed E-state index contributed by atoms with van der Waals surface area (Å²) in [7, 11) is 0. The molecular formula is C18H24F2N2O2. The number of aliphatic hydroxyl groups is 1. The van der Waals surface area contributed by atoms with Crippen LogP contribution in [0.15, 0.2) is 18.2 Å². The second-order valence-corrected chi connectivity index (χ2v) is 6.94. The van der Waals surface area contributed by atoms with E-state index in [9.17, 15) is 18.7 Å². The van der Waals surface area contributed by atoms with Crippen molar-refractivity contribution in [3.8, 4) is 0 Å². The first kappa shape index (κ1) is 17.3. The molecule has 2 fully saturated rings. The van der Waals surface area contributed by atoms with E-state index in [1.165, 1.54) is 6.07 Å². The van der Waals surface area contributed by atoms with Gasteiger partial charge < -0.3 is 10.4 Å². The second kappa shape index (κ2) is 7.15. The Morgan fingerprint density at radius 3 is 2.50 bits per heavy atom. The Morgan fingerprint density at radius 1 is 1.25 bits per heavy atom. The van der Waals surface area contributed by atoms with Gasteiger partial charge in [-0.3, -0.25) is 9.69 Å². The first-order chi connectivity index (χ1) is 11.5. The van der Waals surface area contributed by atoms with Crippen LogP contribution in [0, 0.1) is 17.6 Å². The number of likely N-dealkylation sites (tertiary alicyclic amines) is 1. The van der Waals surface area contributed by atoms with Gasteiger partial charge in [-0.1, -0.05) is 6.07 Å². The van der Waals surface area contributed by atoms with Crippen LogP contribution in [0.5, 0.6) is 0 Å². The summed E-state index contributed by atoms with van der Waals surface area (Å²) < 4.78 is 26.3. The number of hydrogen-bond donors (Lipinski definition) is 2. The standard InChI is InChI=1S/C18H24F2N2O2/c1-11(17(23)13-6-7-14(19)15(20)10-13)21-18(24)16(12-4-5-12)22-8-2-3-9-22/h6-7,10-12,16-17,23H,2-5,8-9H2,1H3,(H,21,24). The van der Waals surface area contributed by atoms with Gasteiger partial charge in [-0.25, -0.2) is 8.78 Å². The van der Waals surface area contributed by atoms with Gasteiger partial charge >= 0.3 is 0 Å². The number of benzene rings is 1. The molecule has 0 radical (unpaired) electrons. The molecule has 0 bridgehead atoms. The van der Waals surface area contributed by atoms with Crippen LogP contribution < -0.4 is 5.32 Å². The fourth-order valence-electron chi connectivity index (χ4n) is 3.48. The number of nitrogens with zero attached hydrogens (tertiary/aromatic N) is 1. The summed E-state index contributed by atoms with van der Waals surface area (Å²) in [6.45, 7) is 3.56. The van der Waals surface area contributed by atoms with Crippen LogP contribution in [-0.4, -0.2) is 41.1 Å².